The summed E-state index contributed by atoms with van der Waals surface area (Å²) in [5.74, 6) is -0.706. The van der Waals surface area contributed by atoms with Gasteiger partial charge in [0.1, 0.15) is 12.4 Å². The van der Waals surface area contributed by atoms with Crippen LogP contribution in [0.4, 0.5) is 10.1 Å². The second kappa shape index (κ2) is 7.97. The number of amides is 1. The molecular weight excluding hydrogens is 353 g/mol. The fourth-order valence-electron chi connectivity index (χ4n) is 2.37. The van der Waals surface area contributed by atoms with E-state index >= 15 is 0 Å². The van der Waals surface area contributed by atoms with Crippen LogP contribution < -0.4 is 10.9 Å². The number of hydrogen-bond donors (Lipinski definition) is 1. The standard InChI is InChI=1S/C19H16FN3O2S/c1-26-16-4-2-3-15(11-16)21-18(24)12-23-19(25)10-9-17(22-23)13-5-7-14(20)8-6-13/h2-11H,12H2,1H3,(H,21,24). The lowest BCUT2D eigenvalue weighted by molar-refractivity contribution is -0.117. The Morgan fingerprint density at radius 3 is 2.65 bits per heavy atom. The monoisotopic (exact) mass is 369 g/mol. The maximum atomic E-state index is 13.0. The molecule has 0 saturated carbocycles. The van der Waals surface area contributed by atoms with Crippen LogP contribution in [0, 0.1) is 5.82 Å². The molecule has 0 unspecified atom stereocenters. The zero-order valence-electron chi connectivity index (χ0n) is 14.0. The first kappa shape index (κ1) is 17.9. The number of thioether (sulfide) groups is 1. The third-order valence-corrected chi connectivity index (χ3v) is 4.38. The van der Waals surface area contributed by atoms with E-state index in [1.807, 2.05) is 24.5 Å². The molecule has 0 aliphatic carbocycles. The largest absolute Gasteiger partial charge is 0.324 e. The molecule has 3 rings (SSSR count). The van der Waals surface area contributed by atoms with Crippen LogP contribution in [-0.4, -0.2) is 21.9 Å². The highest BCUT2D eigenvalue weighted by Gasteiger charge is 2.09. The molecule has 0 atom stereocenters. The molecule has 0 saturated heterocycles. The molecule has 26 heavy (non-hydrogen) atoms. The summed E-state index contributed by atoms with van der Waals surface area (Å²) in [6.45, 7) is -0.211. The number of hydrogen-bond acceptors (Lipinski definition) is 4. The summed E-state index contributed by atoms with van der Waals surface area (Å²) in [5.41, 5.74) is 1.42. The summed E-state index contributed by atoms with van der Waals surface area (Å²) in [4.78, 5) is 25.3. The minimum Gasteiger partial charge on any atom is -0.324 e. The Kier molecular flexibility index (Phi) is 5.48. The first-order valence-corrected chi connectivity index (χ1v) is 9.05. The lowest BCUT2D eigenvalue weighted by atomic mass is 10.1. The minimum atomic E-state index is -0.385. The molecule has 0 spiro atoms. The van der Waals surface area contributed by atoms with Crippen molar-refractivity contribution in [2.45, 2.75) is 11.4 Å². The van der Waals surface area contributed by atoms with Crippen molar-refractivity contribution in [3.05, 3.63) is 76.8 Å². The molecule has 3 aromatic rings. The van der Waals surface area contributed by atoms with Crippen molar-refractivity contribution >= 4 is 23.4 Å². The molecule has 132 valence electrons. The zero-order valence-corrected chi connectivity index (χ0v) is 14.8. The Hall–Kier alpha value is -2.93. The van der Waals surface area contributed by atoms with Crippen LogP contribution in [-0.2, 0) is 11.3 Å². The Bertz CT molecular complexity index is 987. The number of benzene rings is 2. The van der Waals surface area contributed by atoms with E-state index in [0.29, 0.717) is 16.9 Å². The Morgan fingerprint density at radius 1 is 1.15 bits per heavy atom. The van der Waals surface area contributed by atoms with E-state index < -0.39 is 0 Å². The van der Waals surface area contributed by atoms with Crippen molar-refractivity contribution in [2.24, 2.45) is 0 Å². The Balaban J connectivity index is 1.78. The van der Waals surface area contributed by atoms with Crippen molar-refractivity contribution < 1.29 is 9.18 Å². The van der Waals surface area contributed by atoms with Crippen LogP contribution in [0.25, 0.3) is 11.3 Å². The highest BCUT2D eigenvalue weighted by molar-refractivity contribution is 7.98. The van der Waals surface area contributed by atoms with Crippen molar-refractivity contribution in [1.82, 2.24) is 9.78 Å². The number of carbonyl (C=O) groups excluding carboxylic acids is 1. The number of carbonyl (C=O) groups is 1. The molecule has 0 aliphatic rings. The summed E-state index contributed by atoms with van der Waals surface area (Å²) in [6.07, 6.45) is 1.95. The van der Waals surface area contributed by atoms with E-state index in [4.69, 9.17) is 0 Å². The predicted octanol–water partition coefficient (Wildman–Crippen LogP) is 3.41. The van der Waals surface area contributed by atoms with Gasteiger partial charge in [0.25, 0.3) is 5.56 Å². The average molecular weight is 369 g/mol. The molecule has 1 amide bonds. The fraction of sp³-hybridized carbons (Fsp3) is 0.105. The Labute approximate surface area is 153 Å². The minimum absolute atomic E-state index is 0.211. The molecule has 0 fully saturated rings. The third kappa shape index (κ3) is 4.37. The van der Waals surface area contributed by atoms with Gasteiger partial charge in [-0.25, -0.2) is 9.07 Å². The molecule has 0 aliphatic heterocycles. The summed E-state index contributed by atoms with van der Waals surface area (Å²) < 4.78 is 14.1. The molecular formula is C19H16FN3O2S. The van der Waals surface area contributed by atoms with E-state index in [1.54, 1.807) is 36.0 Å². The van der Waals surface area contributed by atoms with Crippen molar-refractivity contribution in [1.29, 1.82) is 0 Å². The highest BCUT2D eigenvalue weighted by atomic mass is 32.2. The van der Waals surface area contributed by atoms with Crippen LogP contribution in [0.1, 0.15) is 0 Å². The van der Waals surface area contributed by atoms with Crippen LogP contribution in [0.15, 0.2) is 70.4 Å². The van der Waals surface area contributed by atoms with Gasteiger partial charge in [-0.05, 0) is 54.8 Å². The second-order valence-electron chi connectivity index (χ2n) is 5.50. The Morgan fingerprint density at radius 2 is 1.92 bits per heavy atom. The number of nitrogens with zero attached hydrogens (tertiary/aromatic N) is 2. The van der Waals surface area contributed by atoms with Gasteiger partial charge in [-0.3, -0.25) is 9.59 Å². The predicted molar refractivity (Wildman–Crippen MR) is 101 cm³/mol. The van der Waals surface area contributed by atoms with Crippen molar-refractivity contribution in [2.75, 3.05) is 11.6 Å². The van der Waals surface area contributed by atoms with E-state index in [-0.39, 0.29) is 23.8 Å². The lowest BCUT2D eigenvalue weighted by Gasteiger charge is -2.09. The summed E-state index contributed by atoms with van der Waals surface area (Å²) >= 11 is 1.57. The van der Waals surface area contributed by atoms with Crippen LogP contribution in [0.3, 0.4) is 0 Å². The van der Waals surface area contributed by atoms with Gasteiger partial charge in [0.2, 0.25) is 5.91 Å². The number of halogens is 1. The molecule has 1 heterocycles. The summed E-state index contributed by atoms with van der Waals surface area (Å²) in [6, 6.07) is 16.1. The van der Waals surface area contributed by atoms with Gasteiger partial charge in [-0.2, -0.15) is 5.10 Å². The van der Waals surface area contributed by atoms with Gasteiger partial charge in [0.15, 0.2) is 0 Å². The first-order chi connectivity index (χ1) is 12.5. The molecule has 1 aromatic heterocycles. The highest BCUT2D eigenvalue weighted by Crippen LogP contribution is 2.19. The van der Waals surface area contributed by atoms with Gasteiger partial charge < -0.3 is 5.32 Å². The topological polar surface area (TPSA) is 64.0 Å². The number of nitrogens with one attached hydrogen (secondary N) is 1. The van der Waals surface area contributed by atoms with Crippen molar-refractivity contribution in [3.8, 4) is 11.3 Å². The van der Waals surface area contributed by atoms with Gasteiger partial charge >= 0.3 is 0 Å². The van der Waals surface area contributed by atoms with Gasteiger partial charge in [-0.1, -0.05) is 6.07 Å². The zero-order chi connectivity index (χ0) is 18.5. The normalized spacial score (nSPS) is 10.5. The van der Waals surface area contributed by atoms with Gasteiger partial charge in [0, 0.05) is 22.2 Å². The van der Waals surface area contributed by atoms with E-state index in [0.717, 1.165) is 9.58 Å². The average Bonchev–Trinajstić information content (AvgIpc) is 2.64. The molecule has 5 nitrogen and oxygen atoms in total. The summed E-state index contributed by atoms with van der Waals surface area (Å²) in [7, 11) is 0. The third-order valence-electron chi connectivity index (χ3n) is 3.65. The SMILES string of the molecule is CSc1cccc(NC(=O)Cn2nc(-c3ccc(F)cc3)ccc2=O)c1. The fourth-order valence-corrected chi connectivity index (χ4v) is 2.83. The molecule has 1 N–H and O–H groups in total. The summed E-state index contributed by atoms with van der Waals surface area (Å²) in [5, 5.41) is 6.96. The lowest BCUT2D eigenvalue weighted by Crippen LogP contribution is -2.29. The van der Waals surface area contributed by atoms with Crippen molar-refractivity contribution in [3.63, 3.8) is 0 Å². The van der Waals surface area contributed by atoms with Gasteiger partial charge in [0.05, 0.1) is 5.69 Å². The second-order valence-corrected chi connectivity index (χ2v) is 6.38. The number of anilines is 1. The van der Waals surface area contributed by atoms with E-state index in [1.165, 1.54) is 18.2 Å². The van der Waals surface area contributed by atoms with Crippen LogP contribution in [0.2, 0.25) is 0 Å². The quantitative estimate of drug-likeness (QED) is 0.700. The maximum Gasteiger partial charge on any atom is 0.267 e. The van der Waals surface area contributed by atoms with Gasteiger partial charge in [-0.15, -0.1) is 11.8 Å². The van der Waals surface area contributed by atoms with Crippen LogP contribution in [0.5, 0.6) is 0 Å². The van der Waals surface area contributed by atoms with E-state index in [2.05, 4.69) is 10.4 Å². The first-order valence-electron chi connectivity index (χ1n) is 7.83. The molecule has 0 bridgehead atoms. The maximum absolute atomic E-state index is 13.0. The number of aromatic nitrogens is 2. The molecule has 7 heteroatoms. The smallest absolute Gasteiger partial charge is 0.267 e. The van der Waals surface area contributed by atoms with E-state index in [9.17, 15) is 14.0 Å². The number of rotatable bonds is 5. The van der Waals surface area contributed by atoms with Crippen LogP contribution >= 0.6 is 11.8 Å². The molecule has 2 aromatic carbocycles. The molecule has 0 radical (unpaired) electrons.